The number of ether oxygens (including phenoxy) is 2. The summed E-state index contributed by atoms with van der Waals surface area (Å²) >= 11 is 5.84. The van der Waals surface area contributed by atoms with E-state index in [4.69, 9.17) is 16.3 Å². The van der Waals surface area contributed by atoms with Crippen LogP contribution < -0.4 is 9.47 Å². The Morgan fingerprint density at radius 3 is 2.32 bits per heavy atom. The molecule has 8 heteroatoms. The van der Waals surface area contributed by atoms with Gasteiger partial charge in [0.25, 0.3) is 0 Å². The molecule has 0 spiro atoms. The summed E-state index contributed by atoms with van der Waals surface area (Å²) in [6.07, 6.45) is -1.89. The van der Waals surface area contributed by atoms with E-state index in [1.807, 2.05) is 0 Å². The van der Waals surface area contributed by atoms with Crippen LogP contribution in [-0.2, 0) is 6.61 Å². The van der Waals surface area contributed by atoms with Gasteiger partial charge in [-0.1, -0.05) is 48.0 Å². The highest BCUT2D eigenvalue weighted by atomic mass is 35.5. The molecular formula is C23H16ClF3O4. The summed E-state index contributed by atoms with van der Waals surface area (Å²) in [4.78, 5) is 12.6. The molecule has 0 atom stereocenters. The highest BCUT2D eigenvalue weighted by molar-refractivity contribution is 6.30. The van der Waals surface area contributed by atoms with E-state index in [2.05, 4.69) is 4.74 Å². The zero-order valence-corrected chi connectivity index (χ0v) is 16.7. The van der Waals surface area contributed by atoms with Gasteiger partial charge in [-0.3, -0.25) is 4.79 Å². The van der Waals surface area contributed by atoms with Crippen molar-refractivity contribution in [2.24, 2.45) is 0 Å². The lowest BCUT2D eigenvalue weighted by Crippen LogP contribution is -2.17. The van der Waals surface area contributed by atoms with E-state index in [0.717, 1.165) is 17.7 Å². The number of benzene rings is 3. The highest BCUT2D eigenvalue weighted by Gasteiger charge is 2.30. The molecule has 0 radical (unpaired) electrons. The van der Waals surface area contributed by atoms with Crippen LogP contribution in [0.5, 0.6) is 17.2 Å². The predicted octanol–water partition coefficient (Wildman–Crippen LogP) is 6.42. The van der Waals surface area contributed by atoms with Crippen LogP contribution >= 0.6 is 11.6 Å². The first-order chi connectivity index (χ1) is 14.7. The molecule has 0 amide bonds. The number of allylic oxidation sites excluding steroid dienone is 1. The lowest BCUT2D eigenvalue weighted by Gasteiger charge is -2.12. The molecule has 0 aromatic heterocycles. The van der Waals surface area contributed by atoms with Crippen LogP contribution in [0.3, 0.4) is 0 Å². The number of alkyl halides is 3. The van der Waals surface area contributed by atoms with Crippen molar-refractivity contribution in [3.63, 3.8) is 0 Å². The van der Waals surface area contributed by atoms with Crippen molar-refractivity contribution in [2.45, 2.75) is 13.0 Å². The van der Waals surface area contributed by atoms with Crippen molar-refractivity contribution in [1.29, 1.82) is 0 Å². The van der Waals surface area contributed by atoms with E-state index in [0.29, 0.717) is 10.6 Å². The number of carbonyl (C=O) groups excluding carboxylic acids is 1. The largest absolute Gasteiger partial charge is 0.573 e. The second kappa shape index (κ2) is 9.57. The maximum atomic E-state index is 12.6. The Balaban J connectivity index is 1.72. The van der Waals surface area contributed by atoms with E-state index in [1.165, 1.54) is 36.4 Å². The number of ketones is 1. The predicted molar refractivity (Wildman–Crippen MR) is 110 cm³/mol. The summed E-state index contributed by atoms with van der Waals surface area (Å²) in [6, 6.07) is 16.4. The lowest BCUT2D eigenvalue weighted by molar-refractivity contribution is -0.274. The Morgan fingerprint density at radius 2 is 1.68 bits per heavy atom. The van der Waals surface area contributed by atoms with Gasteiger partial charge in [0.05, 0.1) is 0 Å². The van der Waals surface area contributed by atoms with Gasteiger partial charge in [-0.15, -0.1) is 13.2 Å². The number of phenols is 1. The van der Waals surface area contributed by atoms with Gasteiger partial charge < -0.3 is 14.6 Å². The Hall–Kier alpha value is -3.45. The topological polar surface area (TPSA) is 55.8 Å². The van der Waals surface area contributed by atoms with E-state index >= 15 is 0 Å². The summed E-state index contributed by atoms with van der Waals surface area (Å²) in [5, 5.41) is 10.7. The maximum absolute atomic E-state index is 12.6. The van der Waals surface area contributed by atoms with Crippen LogP contribution in [0.4, 0.5) is 13.2 Å². The lowest BCUT2D eigenvalue weighted by atomic mass is 10.1. The SMILES string of the molecule is O=C(/C=C/c1ccc(Cl)cc1)c1c(O)cccc1OCc1ccc(OC(F)(F)F)cc1. The average molecular weight is 449 g/mol. The fourth-order valence-electron chi connectivity index (χ4n) is 2.67. The van der Waals surface area contributed by atoms with Crippen molar-refractivity contribution in [2.75, 3.05) is 0 Å². The van der Waals surface area contributed by atoms with Crippen molar-refractivity contribution < 1.29 is 32.5 Å². The molecule has 0 aliphatic heterocycles. The Morgan fingerprint density at radius 1 is 1.00 bits per heavy atom. The third-order valence-corrected chi connectivity index (χ3v) is 4.35. The number of aromatic hydroxyl groups is 1. The van der Waals surface area contributed by atoms with Gasteiger partial charge in [0, 0.05) is 5.02 Å². The average Bonchev–Trinajstić information content (AvgIpc) is 2.71. The second-order valence-corrected chi connectivity index (χ2v) is 6.82. The quantitative estimate of drug-likeness (QED) is 0.335. The first kappa shape index (κ1) is 22.2. The molecule has 4 nitrogen and oxygen atoms in total. The molecule has 1 N–H and O–H groups in total. The molecule has 0 fully saturated rings. The molecule has 0 unspecified atom stereocenters. The van der Waals surface area contributed by atoms with Crippen LogP contribution in [0.15, 0.2) is 72.8 Å². The third kappa shape index (κ3) is 6.52. The van der Waals surface area contributed by atoms with Crippen LogP contribution in [-0.4, -0.2) is 17.3 Å². The summed E-state index contributed by atoms with van der Waals surface area (Å²) in [6.45, 7) is -0.0308. The number of phenolic OH excluding ortho intramolecular Hbond substituents is 1. The van der Waals surface area contributed by atoms with Crippen LogP contribution in [0.2, 0.25) is 5.02 Å². The molecule has 0 aliphatic carbocycles. The van der Waals surface area contributed by atoms with Crippen LogP contribution in [0, 0.1) is 0 Å². The summed E-state index contributed by atoms with van der Waals surface area (Å²) in [7, 11) is 0. The Labute approximate surface area is 181 Å². The second-order valence-electron chi connectivity index (χ2n) is 6.38. The third-order valence-electron chi connectivity index (χ3n) is 4.10. The van der Waals surface area contributed by atoms with Crippen molar-refractivity contribution in [1.82, 2.24) is 0 Å². The number of hydrogen-bond acceptors (Lipinski definition) is 4. The molecule has 31 heavy (non-hydrogen) atoms. The first-order valence-electron chi connectivity index (χ1n) is 8.99. The van der Waals surface area contributed by atoms with E-state index in [9.17, 15) is 23.1 Å². The van der Waals surface area contributed by atoms with Gasteiger partial charge in [0.2, 0.25) is 0 Å². The van der Waals surface area contributed by atoms with Crippen molar-refractivity contribution >= 4 is 23.5 Å². The molecule has 3 rings (SSSR count). The number of hydrogen-bond donors (Lipinski definition) is 1. The fraction of sp³-hybridized carbons (Fsp3) is 0.0870. The Bertz CT molecular complexity index is 1080. The number of carbonyl (C=O) groups is 1. The minimum Gasteiger partial charge on any atom is -0.507 e. The van der Waals surface area contributed by atoms with Gasteiger partial charge in [0.1, 0.15) is 29.4 Å². The molecule has 0 saturated carbocycles. The number of halogens is 4. The number of rotatable bonds is 7. The maximum Gasteiger partial charge on any atom is 0.573 e. The van der Waals surface area contributed by atoms with Crippen molar-refractivity contribution in [3.05, 3.63) is 94.5 Å². The summed E-state index contributed by atoms with van der Waals surface area (Å²) in [5.41, 5.74) is 1.27. The minimum absolute atomic E-state index is 0.0234. The minimum atomic E-state index is -4.77. The van der Waals surface area contributed by atoms with Gasteiger partial charge in [-0.05, 0) is 53.6 Å². The molecule has 160 valence electrons. The van der Waals surface area contributed by atoms with Crippen LogP contribution in [0.25, 0.3) is 6.08 Å². The zero-order chi connectivity index (χ0) is 22.4. The standard InChI is InChI=1S/C23H16ClF3O4/c24-17-9-4-15(5-10-17)8-13-20(29)22-19(28)2-1-3-21(22)30-14-16-6-11-18(12-7-16)31-23(25,26)27/h1-13,28H,14H2/b13-8+. The highest BCUT2D eigenvalue weighted by Crippen LogP contribution is 2.30. The molecule has 3 aromatic rings. The molecule has 3 aromatic carbocycles. The zero-order valence-electron chi connectivity index (χ0n) is 15.9. The van der Waals surface area contributed by atoms with Crippen molar-refractivity contribution in [3.8, 4) is 17.2 Å². The van der Waals surface area contributed by atoms with E-state index < -0.39 is 12.1 Å². The smallest absolute Gasteiger partial charge is 0.507 e. The summed E-state index contributed by atoms with van der Waals surface area (Å²) < 4.78 is 46.2. The van der Waals surface area contributed by atoms with Gasteiger partial charge in [-0.25, -0.2) is 0 Å². The fourth-order valence-corrected chi connectivity index (χ4v) is 2.79. The van der Waals surface area contributed by atoms with Gasteiger partial charge >= 0.3 is 6.36 Å². The molecule has 0 heterocycles. The molecular weight excluding hydrogens is 433 g/mol. The monoisotopic (exact) mass is 448 g/mol. The first-order valence-corrected chi connectivity index (χ1v) is 9.36. The van der Waals surface area contributed by atoms with Gasteiger partial charge in [0.15, 0.2) is 5.78 Å². The molecule has 0 bridgehead atoms. The van der Waals surface area contributed by atoms with Gasteiger partial charge in [-0.2, -0.15) is 0 Å². The normalized spacial score (nSPS) is 11.5. The molecule has 0 saturated heterocycles. The van der Waals surface area contributed by atoms with E-state index in [1.54, 1.807) is 30.3 Å². The van der Waals surface area contributed by atoms with Crippen LogP contribution in [0.1, 0.15) is 21.5 Å². The Kier molecular flexibility index (Phi) is 6.87. The summed E-state index contributed by atoms with van der Waals surface area (Å²) in [5.74, 6) is -0.938. The molecule has 0 aliphatic rings. The van der Waals surface area contributed by atoms with E-state index in [-0.39, 0.29) is 29.4 Å².